The van der Waals surface area contributed by atoms with Crippen molar-refractivity contribution in [3.8, 4) is 0 Å². The topological polar surface area (TPSA) is 63.8 Å². The quantitative estimate of drug-likeness (QED) is 0.804. The number of hydrogen-bond acceptors (Lipinski definition) is 4. The van der Waals surface area contributed by atoms with Crippen molar-refractivity contribution in [1.82, 2.24) is 9.97 Å². The van der Waals surface area contributed by atoms with Crippen LogP contribution >= 0.6 is 22.6 Å². The molecule has 66 valence electrons. The molecule has 1 aromatic rings. The molecule has 1 aromatic heterocycles. The lowest BCUT2D eigenvalue weighted by Crippen LogP contribution is -2.25. The molecule has 0 saturated heterocycles. The Balaban J connectivity index is 2.48. The van der Waals surface area contributed by atoms with E-state index in [0.717, 1.165) is 3.57 Å². The Morgan fingerprint density at radius 1 is 1.58 bits per heavy atom. The number of nitrogens with two attached hydrogens (primary N) is 1. The van der Waals surface area contributed by atoms with Crippen molar-refractivity contribution in [2.45, 2.75) is 13.0 Å². The van der Waals surface area contributed by atoms with E-state index >= 15 is 0 Å². The number of hydrogen-bond donors (Lipinski definition) is 2. The van der Waals surface area contributed by atoms with E-state index in [1.807, 2.05) is 6.92 Å². The van der Waals surface area contributed by atoms with Gasteiger partial charge in [-0.15, -0.1) is 0 Å². The second-order valence-electron chi connectivity index (χ2n) is 2.58. The van der Waals surface area contributed by atoms with Crippen LogP contribution in [0.4, 0.5) is 5.95 Å². The summed E-state index contributed by atoms with van der Waals surface area (Å²) in [5.41, 5.74) is 5.55. The molecule has 0 bridgehead atoms. The first-order chi connectivity index (χ1) is 5.68. The predicted octanol–water partition coefficient (Wildman–Crippen LogP) is 0.840. The zero-order valence-electron chi connectivity index (χ0n) is 6.79. The zero-order chi connectivity index (χ0) is 8.97. The molecule has 0 aromatic carbocycles. The van der Waals surface area contributed by atoms with Crippen molar-refractivity contribution in [2.24, 2.45) is 5.73 Å². The molecule has 0 fully saturated rings. The fourth-order valence-electron chi connectivity index (χ4n) is 0.656. The normalized spacial score (nSPS) is 12.6. The molecule has 0 radical (unpaired) electrons. The molecule has 0 spiro atoms. The van der Waals surface area contributed by atoms with Crippen molar-refractivity contribution in [1.29, 1.82) is 0 Å². The van der Waals surface area contributed by atoms with Crippen LogP contribution in [0.15, 0.2) is 12.4 Å². The van der Waals surface area contributed by atoms with Crippen molar-refractivity contribution in [2.75, 3.05) is 11.9 Å². The second-order valence-corrected chi connectivity index (χ2v) is 3.83. The summed E-state index contributed by atoms with van der Waals surface area (Å²) in [7, 11) is 0. The van der Waals surface area contributed by atoms with E-state index in [9.17, 15) is 0 Å². The maximum absolute atomic E-state index is 5.55. The smallest absolute Gasteiger partial charge is 0.222 e. The number of aromatic nitrogens is 2. The van der Waals surface area contributed by atoms with Gasteiger partial charge < -0.3 is 11.1 Å². The van der Waals surface area contributed by atoms with Gasteiger partial charge in [0.1, 0.15) is 0 Å². The van der Waals surface area contributed by atoms with Gasteiger partial charge in [0.05, 0.1) is 0 Å². The summed E-state index contributed by atoms with van der Waals surface area (Å²) in [6.07, 6.45) is 3.52. The molecular formula is C7H11IN4. The van der Waals surface area contributed by atoms with Crippen molar-refractivity contribution < 1.29 is 0 Å². The third-order valence-electron chi connectivity index (χ3n) is 1.20. The molecule has 0 aliphatic rings. The van der Waals surface area contributed by atoms with Crippen LogP contribution in [0.2, 0.25) is 0 Å². The number of halogens is 1. The van der Waals surface area contributed by atoms with Gasteiger partial charge in [-0.05, 0) is 29.5 Å². The Morgan fingerprint density at radius 2 is 2.17 bits per heavy atom. The maximum Gasteiger partial charge on any atom is 0.222 e. The van der Waals surface area contributed by atoms with Gasteiger partial charge in [0.25, 0.3) is 0 Å². The van der Waals surface area contributed by atoms with Crippen LogP contribution in [0.25, 0.3) is 0 Å². The number of rotatable bonds is 3. The minimum atomic E-state index is 0.118. The van der Waals surface area contributed by atoms with Gasteiger partial charge in [-0.2, -0.15) is 0 Å². The molecule has 12 heavy (non-hydrogen) atoms. The first-order valence-corrected chi connectivity index (χ1v) is 4.73. The standard InChI is InChI=1S/C7H11IN4/c1-5(9)2-10-7-11-3-6(8)4-12-7/h3-5H,2,9H2,1H3,(H,10,11,12). The highest BCUT2D eigenvalue weighted by Crippen LogP contribution is 2.02. The molecule has 1 rings (SSSR count). The molecule has 1 unspecified atom stereocenters. The summed E-state index contributed by atoms with van der Waals surface area (Å²) >= 11 is 2.16. The third-order valence-corrected chi connectivity index (χ3v) is 1.76. The number of nitrogens with zero attached hydrogens (tertiary/aromatic N) is 2. The molecule has 0 amide bonds. The van der Waals surface area contributed by atoms with Gasteiger partial charge >= 0.3 is 0 Å². The van der Waals surface area contributed by atoms with Gasteiger partial charge in [0.15, 0.2) is 0 Å². The Morgan fingerprint density at radius 3 is 2.67 bits per heavy atom. The highest BCUT2D eigenvalue weighted by atomic mass is 127. The molecule has 1 heterocycles. The first-order valence-electron chi connectivity index (χ1n) is 3.65. The lowest BCUT2D eigenvalue weighted by molar-refractivity contribution is 0.773. The van der Waals surface area contributed by atoms with Crippen LogP contribution in [0.1, 0.15) is 6.92 Å². The average molecular weight is 278 g/mol. The van der Waals surface area contributed by atoms with Crippen LogP contribution in [0.5, 0.6) is 0 Å². The van der Waals surface area contributed by atoms with E-state index in [2.05, 4.69) is 37.9 Å². The maximum atomic E-state index is 5.55. The summed E-state index contributed by atoms with van der Waals surface area (Å²) in [4.78, 5) is 8.13. The minimum Gasteiger partial charge on any atom is -0.353 e. The van der Waals surface area contributed by atoms with Crippen LogP contribution in [-0.2, 0) is 0 Å². The predicted molar refractivity (Wildman–Crippen MR) is 56.9 cm³/mol. The van der Waals surface area contributed by atoms with E-state index in [1.54, 1.807) is 12.4 Å². The molecular weight excluding hydrogens is 267 g/mol. The molecule has 1 atom stereocenters. The van der Waals surface area contributed by atoms with Crippen LogP contribution in [-0.4, -0.2) is 22.6 Å². The molecule has 5 heteroatoms. The molecule has 3 N–H and O–H groups in total. The zero-order valence-corrected chi connectivity index (χ0v) is 8.95. The van der Waals surface area contributed by atoms with Crippen molar-refractivity contribution in [3.05, 3.63) is 16.0 Å². The van der Waals surface area contributed by atoms with Gasteiger partial charge in [-0.1, -0.05) is 0 Å². The summed E-state index contributed by atoms with van der Waals surface area (Å²) in [6.45, 7) is 2.63. The Hall–Kier alpha value is -0.430. The Kier molecular flexibility index (Phi) is 3.67. The summed E-state index contributed by atoms with van der Waals surface area (Å²) in [5.74, 6) is 0.632. The molecule has 0 aliphatic heterocycles. The van der Waals surface area contributed by atoms with E-state index in [-0.39, 0.29) is 6.04 Å². The van der Waals surface area contributed by atoms with E-state index in [1.165, 1.54) is 0 Å². The first kappa shape index (κ1) is 9.66. The minimum absolute atomic E-state index is 0.118. The molecule has 0 saturated carbocycles. The largest absolute Gasteiger partial charge is 0.353 e. The highest BCUT2D eigenvalue weighted by molar-refractivity contribution is 14.1. The second kappa shape index (κ2) is 4.56. The molecule has 4 nitrogen and oxygen atoms in total. The monoisotopic (exact) mass is 278 g/mol. The van der Waals surface area contributed by atoms with Crippen LogP contribution in [0.3, 0.4) is 0 Å². The van der Waals surface area contributed by atoms with Gasteiger partial charge in [0.2, 0.25) is 5.95 Å². The molecule has 0 aliphatic carbocycles. The lowest BCUT2D eigenvalue weighted by atomic mass is 10.4. The fourth-order valence-corrected chi connectivity index (χ4v) is 0.934. The lowest BCUT2D eigenvalue weighted by Gasteiger charge is -2.06. The Bertz CT molecular complexity index is 234. The summed E-state index contributed by atoms with van der Waals surface area (Å²) in [6, 6.07) is 0.118. The van der Waals surface area contributed by atoms with Gasteiger partial charge in [-0.3, -0.25) is 0 Å². The van der Waals surface area contributed by atoms with Crippen molar-refractivity contribution >= 4 is 28.5 Å². The fraction of sp³-hybridized carbons (Fsp3) is 0.429. The van der Waals surface area contributed by atoms with E-state index in [4.69, 9.17) is 5.73 Å². The number of anilines is 1. The SMILES string of the molecule is CC(N)CNc1ncc(I)cn1. The van der Waals surface area contributed by atoms with Gasteiger partial charge in [-0.25, -0.2) is 9.97 Å². The highest BCUT2D eigenvalue weighted by Gasteiger charge is 1.96. The number of nitrogens with one attached hydrogen (secondary N) is 1. The van der Waals surface area contributed by atoms with Crippen LogP contribution in [0, 0.1) is 3.57 Å². The van der Waals surface area contributed by atoms with Gasteiger partial charge in [0, 0.05) is 28.6 Å². The summed E-state index contributed by atoms with van der Waals surface area (Å²) < 4.78 is 1.03. The van der Waals surface area contributed by atoms with Crippen molar-refractivity contribution in [3.63, 3.8) is 0 Å². The Labute approximate surface area is 85.1 Å². The average Bonchev–Trinajstić information content (AvgIpc) is 2.03. The van der Waals surface area contributed by atoms with E-state index in [0.29, 0.717) is 12.5 Å². The van der Waals surface area contributed by atoms with Crippen LogP contribution < -0.4 is 11.1 Å². The summed E-state index contributed by atoms with van der Waals surface area (Å²) in [5, 5.41) is 3.02. The third kappa shape index (κ3) is 3.31. The van der Waals surface area contributed by atoms with E-state index < -0.39 is 0 Å².